The molecule has 1 saturated heterocycles. The molecule has 19 heavy (non-hydrogen) atoms. The molecule has 1 aromatic carbocycles. The van der Waals surface area contributed by atoms with Gasteiger partial charge in [-0.1, -0.05) is 18.2 Å². The van der Waals surface area contributed by atoms with E-state index in [0.717, 1.165) is 0 Å². The molecule has 2 rings (SSSR count). The Kier molecular flexibility index (Phi) is 4.52. The number of carbonyl (C=O) groups excluding carboxylic acids is 1. The van der Waals surface area contributed by atoms with Crippen molar-refractivity contribution in [2.75, 3.05) is 26.2 Å². The van der Waals surface area contributed by atoms with Gasteiger partial charge < -0.3 is 14.9 Å². The van der Waals surface area contributed by atoms with Gasteiger partial charge in [0.2, 0.25) is 0 Å². The van der Waals surface area contributed by atoms with Gasteiger partial charge in [-0.05, 0) is 12.1 Å². The summed E-state index contributed by atoms with van der Waals surface area (Å²) in [5.41, 5.74) is 0.547. The molecule has 0 unspecified atom stereocenters. The van der Waals surface area contributed by atoms with Crippen LogP contribution in [-0.2, 0) is 4.74 Å². The van der Waals surface area contributed by atoms with Crippen molar-refractivity contribution in [2.45, 2.75) is 18.6 Å². The van der Waals surface area contributed by atoms with E-state index in [4.69, 9.17) is 4.74 Å². The first-order chi connectivity index (χ1) is 9.07. The number of carbonyl (C=O) groups is 1. The highest BCUT2D eigenvalue weighted by molar-refractivity contribution is 5.89. The molecule has 1 heterocycles. The Labute approximate surface area is 112 Å². The third-order valence-electron chi connectivity index (χ3n) is 3.31. The Hall–Kier alpha value is -1.43. The van der Waals surface area contributed by atoms with Crippen molar-refractivity contribution in [2.24, 2.45) is 0 Å². The van der Waals surface area contributed by atoms with Gasteiger partial charge >= 0.3 is 5.97 Å². The summed E-state index contributed by atoms with van der Waals surface area (Å²) in [5, 5.41) is 18.8. The van der Waals surface area contributed by atoms with Crippen molar-refractivity contribution in [3.05, 3.63) is 35.9 Å². The fourth-order valence-corrected chi connectivity index (χ4v) is 2.06. The lowest BCUT2D eigenvalue weighted by Crippen LogP contribution is -2.45. The number of hydrogen-bond donors (Lipinski definition) is 2. The molecule has 0 amide bonds. The smallest absolute Gasteiger partial charge is 0.338 e. The second-order valence-corrected chi connectivity index (χ2v) is 4.83. The van der Waals surface area contributed by atoms with Gasteiger partial charge in [0, 0.05) is 32.5 Å². The third-order valence-corrected chi connectivity index (χ3v) is 3.31. The molecule has 2 N–H and O–H groups in total. The van der Waals surface area contributed by atoms with E-state index >= 15 is 0 Å². The average Bonchev–Trinajstić information content (AvgIpc) is 2.41. The van der Waals surface area contributed by atoms with Gasteiger partial charge in [0.25, 0.3) is 0 Å². The number of aliphatic hydroxyl groups is 2. The van der Waals surface area contributed by atoms with Crippen LogP contribution in [0.3, 0.4) is 0 Å². The van der Waals surface area contributed by atoms with Crippen LogP contribution in [0.1, 0.15) is 23.2 Å². The zero-order valence-electron chi connectivity index (χ0n) is 10.8. The standard InChI is InChI=1S/C14H19NO4/c16-13(12-4-2-1-3-5-12)19-11-10-15-8-6-14(17,18)7-9-15/h1-5,17-18H,6-11H2. The predicted octanol–water partition coefficient (Wildman–Crippen LogP) is 0.620. The molecule has 104 valence electrons. The van der Waals surface area contributed by atoms with E-state index in [2.05, 4.69) is 4.90 Å². The third kappa shape index (κ3) is 4.31. The number of esters is 1. The molecule has 0 spiro atoms. The van der Waals surface area contributed by atoms with Crippen LogP contribution in [0.4, 0.5) is 0 Å². The van der Waals surface area contributed by atoms with E-state index in [1.54, 1.807) is 24.3 Å². The maximum Gasteiger partial charge on any atom is 0.338 e. The first-order valence-electron chi connectivity index (χ1n) is 6.46. The van der Waals surface area contributed by atoms with Crippen LogP contribution in [0.5, 0.6) is 0 Å². The van der Waals surface area contributed by atoms with Gasteiger partial charge in [0.15, 0.2) is 5.79 Å². The predicted molar refractivity (Wildman–Crippen MR) is 69.6 cm³/mol. The van der Waals surface area contributed by atoms with Crippen LogP contribution in [0, 0.1) is 0 Å². The first-order valence-corrected chi connectivity index (χ1v) is 6.46. The molecule has 1 fully saturated rings. The molecule has 0 aromatic heterocycles. The Morgan fingerprint density at radius 1 is 1.21 bits per heavy atom. The number of rotatable bonds is 4. The van der Waals surface area contributed by atoms with E-state index in [9.17, 15) is 15.0 Å². The Balaban J connectivity index is 1.69. The second kappa shape index (κ2) is 6.14. The topological polar surface area (TPSA) is 70.0 Å². The molecule has 0 saturated carbocycles. The number of benzene rings is 1. The van der Waals surface area contributed by atoms with Crippen molar-refractivity contribution >= 4 is 5.97 Å². The van der Waals surface area contributed by atoms with Crippen molar-refractivity contribution in [3.8, 4) is 0 Å². The van der Waals surface area contributed by atoms with Crippen LogP contribution in [0.25, 0.3) is 0 Å². The summed E-state index contributed by atoms with van der Waals surface area (Å²) in [6.45, 7) is 2.15. The van der Waals surface area contributed by atoms with Crippen LogP contribution in [0.15, 0.2) is 30.3 Å². The maximum absolute atomic E-state index is 11.7. The lowest BCUT2D eigenvalue weighted by atomic mass is 10.0. The summed E-state index contributed by atoms with van der Waals surface area (Å²) in [7, 11) is 0. The summed E-state index contributed by atoms with van der Waals surface area (Å²) >= 11 is 0. The van der Waals surface area contributed by atoms with Crippen LogP contribution >= 0.6 is 0 Å². The number of likely N-dealkylation sites (tertiary alicyclic amines) is 1. The van der Waals surface area contributed by atoms with Crippen molar-refractivity contribution in [1.82, 2.24) is 4.90 Å². The number of piperidine rings is 1. The van der Waals surface area contributed by atoms with E-state index in [-0.39, 0.29) is 5.97 Å². The Morgan fingerprint density at radius 3 is 2.47 bits per heavy atom. The molecule has 1 aliphatic heterocycles. The molecular formula is C14H19NO4. The van der Waals surface area contributed by atoms with Gasteiger partial charge in [-0.2, -0.15) is 0 Å². The number of nitrogens with zero attached hydrogens (tertiary/aromatic N) is 1. The van der Waals surface area contributed by atoms with Crippen molar-refractivity contribution in [3.63, 3.8) is 0 Å². The van der Waals surface area contributed by atoms with Crippen LogP contribution in [0.2, 0.25) is 0 Å². The second-order valence-electron chi connectivity index (χ2n) is 4.83. The quantitative estimate of drug-likeness (QED) is 0.617. The minimum Gasteiger partial charge on any atom is -0.461 e. The maximum atomic E-state index is 11.7. The molecule has 0 bridgehead atoms. The minimum atomic E-state index is -1.53. The Bertz CT molecular complexity index is 409. The van der Waals surface area contributed by atoms with Gasteiger partial charge in [-0.3, -0.25) is 4.90 Å². The van der Waals surface area contributed by atoms with E-state index < -0.39 is 5.79 Å². The number of ether oxygens (including phenoxy) is 1. The van der Waals surface area contributed by atoms with Crippen molar-refractivity contribution in [1.29, 1.82) is 0 Å². The van der Waals surface area contributed by atoms with E-state index in [1.165, 1.54) is 0 Å². The molecule has 0 radical (unpaired) electrons. The lowest BCUT2D eigenvalue weighted by Gasteiger charge is -2.34. The first kappa shape index (κ1) is 14.0. The SMILES string of the molecule is O=C(OCCN1CCC(O)(O)CC1)c1ccccc1. The monoisotopic (exact) mass is 265 g/mol. The summed E-state index contributed by atoms with van der Waals surface area (Å²) < 4.78 is 5.18. The average molecular weight is 265 g/mol. The van der Waals surface area contributed by atoms with E-state index in [0.29, 0.717) is 44.6 Å². The van der Waals surface area contributed by atoms with Gasteiger partial charge in [0.1, 0.15) is 6.61 Å². The summed E-state index contributed by atoms with van der Waals surface area (Å²) in [5.74, 6) is -1.85. The summed E-state index contributed by atoms with van der Waals surface area (Å²) in [6.07, 6.45) is 0.666. The molecule has 1 aromatic rings. The lowest BCUT2D eigenvalue weighted by molar-refractivity contribution is -0.189. The van der Waals surface area contributed by atoms with Crippen LogP contribution in [-0.4, -0.2) is 53.1 Å². The fourth-order valence-electron chi connectivity index (χ4n) is 2.06. The molecule has 5 nitrogen and oxygen atoms in total. The van der Waals surface area contributed by atoms with Crippen molar-refractivity contribution < 1.29 is 19.7 Å². The normalized spacial score (nSPS) is 19.1. The van der Waals surface area contributed by atoms with Crippen LogP contribution < -0.4 is 0 Å². The molecule has 5 heteroatoms. The zero-order chi connectivity index (χ0) is 13.7. The molecule has 1 aliphatic rings. The van der Waals surface area contributed by atoms with Gasteiger partial charge in [-0.25, -0.2) is 4.79 Å². The summed E-state index contributed by atoms with van der Waals surface area (Å²) in [4.78, 5) is 13.7. The highest BCUT2D eigenvalue weighted by Gasteiger charge is 2.29. The van der Waals surface area contributed by atoms with Gasteiger partial charge in [0.05, 0.1) is 5.56 Å². The molecule has 0 aliphatic carbocycles. The summed E-state index contributed by atoms with van der Waals surface area (Å²) in [6, 6.07) is 8.87. The zero-order valence-corrected chi connectivity index (χ0v) is 10.8. The largest absolute Gasteiger partial charge is 0.461 e. The van der Waals surface area contributed by atoms with E-state index in [1.807, 2.05) is 6.07 Å². The molecular weight excluding hydrogens is 246 g/mol. The Morgan fingerprint density at radius 2 is 1.84 bits per heavy atom. The van der Waals surface area contributed by atoms with Gasteiger partial charge in [-0.15, -0.1) is 0 Å². The molecule has 0 atom stereocenters. The minimum absolute atomic E-state index is 0.317. The fraction of sp³-hybridized carbons (Fsp3) is 0.500. The highest BCUT2D eigenvalue weighted by atomic mass is 16.5. The number of hydrogen-bond acceptors (Lipinski definition) is 5. The highest BCUT2D eigenvalue weighted by Crippen LogP contribution is 2.18.